The zero-order valence-corrected chi connectivity index (χ0v) is 14.5. The summed E-state index contributed by atoms with van der Waals surface area (Å²) in [6, 6.07) is -0.161. The zero-order chi connectivity index (χ0) is 15.9. The maximum absolute atomic E-state index is 12.5. The zero-order valence-electron chi connectivity index (χ0n) is 13.7. The summed E-state index contributed by atoms with van der Waals surface area (Å²) >= 11 is 0. The molecule has 2 N–H and O–H groups in total. The number of aryl methyl sites for hydroxylation is 1. The lowest BCUT2D eigenvalue weighted by atomic mass is 10.1. The van der Waals surface area contributed by atoms with E-state index in [0.717, 1.165) is 12.0 Å². The van der Waals surface area contributed by atoms with Crippen molar-refractivity contribution in [3.8, 4) is 0 Å². The summed E-state index contributed by atoms with van der Waals surface area (Å²) in [7, 11) is 3.56. The molecule has 8 heteroatoms. The fraction of sp³-hybridized carbons (Fsp3) is 0.667. The second-order valence-electron chi connectivity index (χ2n) is 6.41. The van der Waals surface area contributed by atoms with Crippen molar-refractivity contribution in [2.45, 2.75) is 37.9 Å². The Balaban J connectivity index is 0.00000192. The second-order valence-corrected chi connectivity index (χ2v) is 6.41. The first-order chi connectivity index (χ1) is 10.5. The van der Waals surface area contributed by atoms with Crippen LogP contribution >= 0.6 is 12.4 Å². The third kappa shape index (κ3) is 3.67. The predicted octanol–water partition coefficient (Wildman–Crippen LogP) is 0.228. The number of hydrogen-bond donors (Lipinski definition) is 2. The fourth-order valence-corrected chi connectivity index (χ4v) is 3.21. The first-order valence-electron chi connectivity index (χ1n) is 7.75. The lowest BCUT2D eigenvalue weighted by Crippen LogP contribution is -2.43. The summed E-state index contributed by atoms with van der Waals surface area (Å²) in [5.74, 6) is 0.639. The molecule has 1 saturated heterocycles. The van der Waals surface area contributed by atoms with Crippen LogP contribution in [0.15, 0.2) is 12.4 Å². The minimum absolute atomic E-state index is 0. The molecule has 1 aliphatic carbocycles. The molecular formula is C15H24ClN5O2. The molecule has 1 aromatic rings. The number of nitrogens with zero attached hydrogens (tertiary/aromatic N) is 3. The maximum Gasteiger partial charge on any atom is 0.242 e. The number of carbonyl (C=O) groups excluding carboxylic acids is 2. The van der Waals surface area contributed by atoms with Gasteiger partial charge in [0.25, 0.3) is 0 Å². The summed E-state index contributed by atoms with van der Waals surface area (Å²) in [6.45, 7) is 2.78. The van der Waals surface area contributed by atoms with Crippen molar-refractivity contribution in [2.24, 2.45) is 13.0 Å². The maximum atomic E-state index is 12.5. The summed E-state index contributed by atoms with van der Waals surface area (Å²) < 4.78 is 1.67. The van der Waals surface area contributed by atoms with E-state index in [2.05, 4.69) is 22.7 Å². The van der Waals surface area contributed by atoms with Gasteiger partial charge in [-0.1, -0.05) is 6.92 Å². The number of likely N-dealkylation sites (N-methyl/N-ethyl adjacent to an activating group) is 1. The van der Waals surface area contributed by atoms with Crippen LogP contribution in [0.3, 0.4) is 0 Å². The average Bonchev–Trinajstić information content (AvgIpc) is 2.84. The van der Waals surface area contributed by atoms with Crippen LogP contribution in [0, 0.1) is 5.92 Å². The highest BCUT2D eigenvalue weighted by atomic mass is 35.5. The standard InChI is InChI=1S/C15H23N5O2.ClH/c1-9-4-12(9)20-8-11(5-13(20)21)18-15(22)14(16-2)10-6-17-19(3)7-10;/h6-7,9,11-12,14,16H,4-5,8H2,1-3H3,(H,18,22);1H. The van der Waals surface area contributed by atoms with E-state index in [1.807, 2.05) is 18.1 Å². The van der Waals surface area contributed by atoms with Crippen molar-refractivity contribution in [1.82, 2.24) is 25.3 Å². The molecule has 1 aromatic heterocycles. The molecule has 0 bridgehead atoms. The molecule has 23 heavy (non-hydrogen) atoms. The highest BCUT2D eigenvalue weighted by Gasteiger charge is 2.45. The average molecular weight is 342 g/mol. The Kier molecular flexibility index (Phi) is 5.31. The van der Waals surface area contributed by atoms with E-state index in [1.54, 1.807) is 17.9 Å². The molecule has 1 saturated carbocycles. The number of amides is 2. The van der Waals surface area contributed by atoms with Crippen LogP contribution in [-0.4, -0.2) is 52.2 Å². The van der Waals surface area contributed by atoms with E-state index >= 15 is 0 Å². The smallest absolute Gasteiger partial charge is 0.242 e. The van der Waals surface area contributed by atoms with E-state index < -0.39 is 6.04 Å². The third-order valence-corrected chi connectivity index (χ3v) is 4.58. The molecule has 7 nitrogen and oxygen atoms in total. The summed E-state index contributed by atoms with van der Waals surface area (Å²) in [5, 5.41) is 10.1. The Bertz CT molecular complexity index is 590. The molecule has 2 fully saturated rings. The van der Waals surface area contributed by atoms with Gasteiger partial charge in [0.1, 0.15) is 6.04 Å². The molecule has 2 amide bonds. The largest absolute Gasteiger partial charge is 0.349 e. The van der Waals surface area contributed by atoms with Crippen molar-refractivity contribution < 1.29 is 9.59 Å². The number of halogens is 1. The van der Waals surface area contributed by atoms with Crippen LogP contribution in [0.5, 0.6) is 0 Å². The van der Waals surface area contributed by atoms with Gasteiger partial charge in [-0.3, -0.25) is 14.3 Å². The Morgan fingerprint density at radius 2 is 2.17 bits per heavy atom. The van der Waals surface area contributed by atoms with Crippen LogP contribution in [0.25, 0.3) is 0 Å². The molecule has 1 aliphatic heterocycles. The van der Waals surface area contributed by atoms with Crippen molar-refractivity contribution in [3.63, 3.8) is 0 Å². The quantitative estimate of drug-likeness (QED) is 0.803. The lowest BCUT2D eigenvalue weighted by molar-refractivity contribution is -0.128. The second kappa shape index (κ2) is 6.88. The summed E-state index contributed by atoms with van der Waals surface area (Å²) in [5.41, 5.74) is 0.819. The van der Waals surface area contributed by atoms with Crippen molar-refractivity contribution >= 4 is 24.2 Å². The normalized spacial score (nSPS) is 27.5. The topological polar surface area (TPSA) is 79.3 Å². The van der Waals surface area contributed by atoms with Gasteiger partial charge in [0.2, 0.25) is 11.8 Å². The number of likely N-dealkylation sites (tertiary alicyclic amines) is 1. The monoisotopic (exact) mass is 341 g/mol. The van der Waals surface area contributed by atoms with Crippen molar-refractivity contribution in [1.29, 1.82) is 0 Å². The summed E-state index contributed by atoms with van der Waals surface area (Å²) in [4.78, 5) is 26.4. The molecule has 2 aliphatic rings. The third-order valence-electron chi connectivity index (χ3n) is 4.58. The van der Waals surface area contributed by atoms with Gasteiger partial charge in [-0.2, -0.15) is 5.10 Å². The number of nitrogens with one attached hydrogen (secondary N) is 2. The van der Waals surface area contributed by atoms with Crippen LogP contribution in [0.1, 0.15) is 31.4 Å². The lowest BCUT2D eigenvalue weighted by Gasteiger charge is -2.19. The predicted molar refractivity (Wildman–Crippen MR) is 88.1 cm³/mol. The number of rotatable bonds is 5. The van der Waals surface area contributed by atoms with E-state index in [1.165, 1.54) is 0 Å². The first kappa shape index (κ1) is 17.7. The molecule has 128 valence electrons. The minimum Gasteiger partial charge on any atom is -0.349 e. The molecule has 0 radical (unpaired) electrons. The SMILES string of the molecule is CNC(C(=O)NC1CC(=O)N(C2CC2C)C1)c1cnn(C)c1.Cl. The molecule has 0 spiro atoms. The van der Waals surface area contributed by atoms with Gasteiger partial charge in [-0.15, -0.1) is 12.4 Å². The Morgan fingerprint density at radius 1 is 1.48 bits per heavy atom. The highest BCUT2D eigenvalue weighted by Crippen LogP contribution is 2.37. The Labute approximate surface area is 142 Å². The molecule has 4 atom stereocenters. The summed E-state index contributed by atoms with van der Waals surface area (Å²) in [6.07, 6.45) is 4.98. The van der Waals surface area contributed by atoms with E-state index in [9.17, 15) is 9.59 Å². The molecule has 4 unspecified atom stereocenters. The molecule has 2 heterocycles. The minimum atomic E-state index is -0.447. The highest BCUT2D eigenvalue weighted by molar-refractivity contribution is 5.86. The van der Waals surface area contributed by atoms with Crippen LogP contribution in [0.4, 0.5) is 0 Å². The molecule has 3 rings (SSSR count). The number of hydrogen-bond acceptors (Lipinski definition) is 4. The van der Waals surface area contributed by atoms with E-state index in [-0.39, 0.29) is 30.3 Å². The Morgan fingerprint density at radius 3 is 2.70 bits per heavy atom. The van der Waals surface area contributed by atoms with Crippen molar-refractivity contribution in [2.75, 3.05) is 13.6 Å². The van der Waals surface area contributed by atoms with E-state index in [0.29, 0.717) is 24.9 Å². The van der Waals surface area contributed by atoms with Gasteiger partial charge in [0, 0.05) is 37.8 Å². The van der Waals surface area contributed by atoms with Crippen LogP contribution < -0.4 is 10.6 Å². The Hall–Kier alpha value is -1.60. The number of carbonyl (C=O) groups is 2. The van der Waals surface area contributed by atoms with Crippen LogP contribution in [0.2, 0.25) is 0 Å². The van der Waals surface area contributed by atoms with Crippen molar-refractivity contribution in [3.05, 3.63) is 18.0 Å². The first-order valence-corrected chi connectivity index (χ1v) is 7.75. The van der Waals surface area contributed by atoms with Gasteiger partial charge < -0.3 is 15.5 Å². The van der Waals surface area contributed by atoms with E-state index in [4.69, 9.17) is 0 Å². The van der Waals surface area contributed by atoms with Gasteiger partial charge in [0.05, 0.1) is 12.2 Å². The molecule has 0 aromatic carbocycles. The van der Waals surface area contributed by atoms with Gasteiger partial charge in [-0.05, 0) is 19.4 Å². The fourth-order valence-electron chi connectivity index (χ4n) is 3.21. The van der Waals surface area contributed by atoms with Gasteiger partial charge >= 0.3 is 0 Å². The van der Waals surface area contributed by atoms with Crippen LogP contribution in [-0.2, 0) is 16.6 Å². The molecular weight excluding hydrogens is 318 g/mol. The van der Waals surface area contributed by atoms with Gasteiger partial charge in [0.15, 0.2) is 0 Å². The number of aromatic nitrogens is 2. The van der Waals surface area contributed by atoms with Gasteiger partial charge in [-0.25, -0.2) is 0 Å².